The molecule has 1 aliphatic heterocycles. The Balaban J connectivity index is 2.70. The van der Waals surface area contributed by atoms with Crippen molar-refractivity contribution in [3.63, 3.8) is 0 Å². The van der Waals surface area contributed by atoms with E-state index >= 15 is 0 Å². The van der Waals surface area contributed by atoms with Crippen LogP contribution in [0.1, 0.15) is 20.8 Å². The molecule has 0 saturated carbocycles. The van der Waals surface area contributed by atoms with Crippen LogP contribution in [-0.4, -0.2) is 12.1 Å². The van der Waals surface area contributed by atoms with Gasteiger partial charge in [-0.3, -0.25) is 4.79 Å². The summed E-state index contributed by atoms with van der Waals surface area (Å²) in [6, 6.07) is 0. The number of hydrogen-bond donors (Lipinski definition) is 0. The lowest BCUT2D eigenvalue weighted by atomic mass is 9.88. The van der Waals surface area contributed by atoms with E-state index in [4.69, 9.17) is 4.74 Å². The maximum absolute atomic E-state index is 11.2. The summed E-state index contributed by atoms with van der Waals surface area (Å²) in [6.07, 6.45) is 1.87. The highest BCUT2D eigenvalue weighted by molar-refractivity contribution is 5.74. The first-order chi connectivity index (χ1) is 5.57. The maximum atomic E-state index is 11.2. The summed E-state index contributed by atoms with van der Waals surface area (Å²) < 4.78 is 5.23. The number of carbonyl (C=O) groups excluding carboxylic acids is 1. The molecule has 0 amide bonds. The normalized spacial score (nSPS) is 37.6. The average Bonchev–Trinajstić information content (AvgIpc) is 2.32. The van der Waals surface area contributed by atoms with E-state index in [2.05, 4.69) is 13.5 Å². The number of ether oxygens (including phenoxy) is 1. The van der Waals surface area contributed by atoms with Crippen LogP contribution in [0.3, 0.4) is 0 Å². The Hall–Kier alpha value is -0.790. The quantitative estimate of drug-likeness (QED) is 0.465. The van der Waals surface area contributed by atoms with Crippen LogP contribution in [0.4, 0.5) is 0 Å². The lowest BCUT2D eigenvalue weighted by Crippen LogP contribution is -2.22. The third-order valence-electron chi connectivity index (χ3n) is 2.82. The minimum absolute atomic E-state index is 0.0324. The van der Waals surface area contributed by atoms with Crippen molar-refractivity contribution in [3.05, 3.63) is 12.7 Å². The van der Waals surface area contributed by atoms with Crippen molar-refractivity contribution in [2.24, 2.45) is 17.8 Å². The van der Waals surface area contributed by atoms with Gasteiger partial charge in [-0.15, -0.1) is 6.58 Å². The van der Waals surface area contributed by atoms with Crippen LogP contribution < -0.4 is 0 Å². The summed E-state index contributed by atoms with van der Waals surface area (Å²) in [7, 11) is 0. The number of hydrogen-bond acceptors (Lipinski definition) is 2. The van der Waals surface area contributed by atoms with E-state index in [1.165, 1.54) is 0 Å². The van der Waals surface area contributed by atoms with Crippen molar-refractivity contribution in [2.45, 2.75) is 26.9 Å². The van der Waals surface area contributed by atoms with Crippen molar-refractivity contribution in [3.8, 4) is 0 Å². The Morgan fingerprint density at radius 2 is 2.17 bits per heavy atom. The largest absolute Gasteiger partial charge is 0.461 e. The van der Waals surface area contributed by atoms with Crippen molar-refractivity contribution >= 4 is 5.97 Å². The van der Waals surface area contributed by atoms with Crippen LogP contribution in [0.15, 0.2) is 12.7 Å². The van der Waals surface area contributed by atoms with Gasteiger partial charge in [-0.05, 0) is 0 Å². The fourth-order valence-electron chi connectivity index (χ4n) is 1.57. The number of carbonyl (C=O) groups is 1. The minimum atomic E-state index is -0.0683. The summed E-state index contributed by atoms with van der Waals surface area (Å²) in [6.45, 7) is 9.70. The van der Waals surface area contributed by atoms with Gasteiger partial charge in [0.25, 0.3) is 0 Å². The van der Waals surface area contributed by atoms with Gasteiger partial charge in [0, 0.05) is 11.8 Å². The van der Waals surface area contributed by atoms with E-state index in [0.29, 0.717) is 5.92 Å². The van der Waals surface area contributed by atoms with Crippen LogP contribution in [0, 0.1) is 17.8 Å². The smallest absolute Gasteiger partial charge is 0.309 e. The molecule has 1 fully saturated rings. The highest BCUT2D eigenvalue weighted by atomic mass is 16.6. The Labute approximate surface area is 73.6 Å². The van der Waals surface area contributed by atoms with Gasteiger partial charge in [0.1, 0.15) is 6.10 Å². The van der Waals surface area contributed by atoms with Crippen LogP contribution >= 0.6 is 0 Å². The zero-order valence-corrected chi connectivity index (χ0v) is 7.91. The van der Waals surface area contributed by atoms with Gasteiger partial charge in [0.05, 0.1) is 5.92 Å². The molecule has 0 radical (unpaired) electrons. The molecule has 68 valence electrons. The highest BCUT2D eigenvalue weighted by Crippen LogP contribution is 2.32. The van der Waals surface area contributed by atoms with Crippen LogP contribution in [0.2, 0.25) is 0 Å². The van der Waals surface area contributed by atoms with Crippen LogP contribution in [0.5, 0.6) is 0 Å². The molecule has 2 nitrogen and oxygen atoms in total. The number of cyclic esters (lactones) is 1. The molecule has 1 aliphatic rings. The first-order valence-corrected chi connectivity index (χ1v) is 4.41. The predicted molar refractivity (Wildman–Crippen MR) is 47.6 cm³/mol. The molecule has 12 heavy (non-hydrogen) atoms. The molecule has 1 heterocycles. The molecule has 1 rings (SSSR count). The third kappa shape index (κ3) is 1.38. The first-order valence-electron chi connectivity index (χ1n) is 4.41. The van der Waals surface area contributed by atoms with E-state index in [-0.39, 0.29) is 23.9 Å². The second kappa shape index (κ2) is 3.30. The maximum Gasteiger partial charge on any atom is 0.309 e. The lowest BCUT2D eigenvalue weighted by molar-refractivity contribution is -0.144. The summed E-state index contributed by atoms with van der Waals surface area (Å²) >= 11 is 0. The van der Waals surface area contributed by atoms with E-state index in [0.717, 1.165) is 0 Å². The molecule has 0 aliphatic carbocycles. The van der Waals surface area contributed by atoms with E-state index in [1.54, 1.807) is 0 Å². The molecule has 0 unspecified atom stereocenters. The van der Waals surface area contributed by atoms with E-state index in [1.807, 2.05) is 19.9 Å². The SMILES string of the molecule is C=C[C@@H](C)[C@H]1OC(=O)[C@@H](C)[C@H]1C. The number of rotatable bonds is 2. The molecular weight excluding hydrogens is 152 g/mol. The van der Waals surface area contributed by atoms with Gasteiger partial charge in [-0.25, -0.2) is 0 Å². The third-order valence-corrected chi connectivity index (χ3v) is 2.82. The molecule has 0 aromatic heterocycles. The van der Waals surface area contributed by atoms with Gasteiger partial charge in [0.2, 0.25) is 0 Å². The standard InChI is InChI=1S/C10H16O2/c1-5-6(2)9-7(3)8(4)10(11)12-9/h5-9H,1H2,2-4H3/t6-,7-,8+,9-/m1/s1. The van der Waals surface area contributed by atoms with Crippen molar-refractivity contribution in [1.29, 1.82) is 0 Å². The van der Waals surface area contributed by atoms with Crippen molar-refractivity contribution in [2.75, 3.05) is 0 Å². The molecule has 0 bridgehead atoms. The zero-order chi connectivity index (χ0) is 9.30. The van der Waals surface area contributed by atoms with Crippen LogP contribution in [0.25, 0.3) is 0 Å². The Bertz CT molecular complexity index is 198. The van der Waals surface area contributed by atoms with E-state index < -0.39 is 0 Å². The van der Waals surface area contributed by atoms with E-state index in [9.17, 15) is 4.79 Å². The van der Waals surface area contributed by atoms with Crippen molar-refractivity contribution < 1.29 is 9.53 Å². The number of esters is 1. The van der Waals surface area contributed by atoms with Gasteiger partial charge >= 0.3 is 5.97 Å². The predicted octanol–water partition coefficient (Wildman–Crippen LogP) is 2.01. The molecule has 1 saturated heterocycles. The average molecular weight is 168 g/mol. The molecule has 0 N–H and O–H groups in total. The fourth-order valence-corrected chi connectivity index (χ4v) is 1.57. The molecular formula is C10H16O2. The Morgan fingerprint density at radius 1 is 1.58 bits per heavy atom. The Morgan fingerprint density at radius 3 is 2.50 bits per heavy atom. The summed E-state index contributed by atoms with van der Waals surface area (Å²) in [5.41, 5.74) is 0. The van der Waals surface area contributed by atoms with Gasteiger partial charge in [-0.1, -0.05) is 26.8 Å². The molecule has 0 aromatic carbocycles. The molecule has 4 atom stereocenters. The molecule has 2 heteroatoms. The van der Waals surface area contributed by atoms with Gasteiger partial charge in [-0.2, -0.15) is 0 Å². The highest BCUT2D eigenvalue weighted by Gasteiger charge is 2.40. The monoisotopic (exact) mass is 168 g/mol. The second-order valence-electron chi connectivity index (χ2n) is 3.64. The van der Waals surface area contributed by atoms with Gasteiger partial charge in [0.15, 0.2) is 0 Å². The molecule has 0 spiro atoms. The lowest BCUT2D eigenvalue weighted by Gasteiger charge is -2.18. The topological polar surface area (TPSA) is 26.3 Å². The van der Waals surface area contributed by atoms with Crippen molar-refractivity contribution in [1.82, 2.24) is 0 Å². The molecule has 0 aromatic rings. The van der Waals surface area contributed by atoms with Crippen LogP contribution in [-0.2, 0) is 9.53 Å². The summed E-state index contributed by atoms with van der Waals surface area (Å²) in [5, 5.41) is 0. The van der Waals surface area contributed by atoms with Gasteiger partial charge < -0.3 is 4.74 Å². The second-order valence-corrected chi connectivity index (χ2v) is 3.64. The first kappa shape index (κ1) is 9.30. The minimum Gasteiger partial charge on any atom is -0.461 e. The Kier molecular flexibility index (Phi) is 2.55. The zero-order valence-electron chi connectivity index (χ0n) is 7.91. The summed E-state index contributed by atoms with van der Waals surface area (Å²) in [4.78, 5) is 11.2. The fraction of sp³-hybridized carbons (Fsp3) is 0.700. The summed E-state index contributed by atoms with van der Waals surface area (Å²) in [5.74, 6) is 0.540.